The third kappa shape index (κ3) is 2.27. The Kier molecular flexibility index (Phi) is 3.18. The number of hydrogen-bond donors (Lipinski definition) is 2. The first-order valence-electron chi connectivity index (χ1n) is 5.09. The molecular weight excluding hydrogens is 195 g/mol. The van der Waals surface area contributed by atoms with Crippen LogP contribution in [0, 0.1) is 5.82 Å². The number of piperazine rings is 1. The molecule has 1 unspecified atom stereocenters. The highest BCUT2D eigenvalue weighted by Gasteiger charge is 2.15. The Morgan fingerprint density at radius 1 is 1.40 bits per heavy atom. The third-order valence-corrected chi connectivity index (χ3v) is 2.62. The molecular formula is C11H15FN2O. The smallest absolute Gasteiger partial charge is 0.165 e. The molecule has 2 rings (SSSR count). The number of benzene rings is 1. The Morgan fingerprint density at radius 3 is 2.87 bits per heavy atom. The van der Waals surface area contributed by atoms with Gasteiger partial charge in [-0.05, 0) is 17.7 Å². The Labute approximate surface area is 88.6 Å². The Morgan fingerprint density at radius 2 is 2.27 bits per heavy atom. The van der Waals surface area contributed by atoms with E-state index in [-0.39, 0.29) is 11.9 Å². The van der Waals surface area contributed by atoms with E-state index in [1.54, 1.807) is 6.07 Å². The van der Waals surface area contributed by atoms with Crippen molar-refractivity contribution >= 4 is 0 Å². The number of methoxy groups -OCH3 is 1. The predicted octanol–water partition coefficient (Wildman–Crippen LogP) is 1.07. The summed E-state index contributed by atoms with van der Waals surface area (Å²) in [5, 5.41) is 6.60. The van der Waals surface area contributed by atoms with Crippen molar-refractivity contribution in [2.75, 3.05) is 26.7 Å². The summed E-state index contributed by atoms with van der Waals surface area (Å²) in [5.41, 5.74) is 0.959. The lowest BCUT2D eigenvalue weighted by molar-refractivity contribution is 0.383. The van der Waals surface area contributed by atoms with Crippen molar-refractivity contribution < 1.29 is 9.13 Å². The molecule has 0 aliphatic carbocycles. The zero-order valence-electron chi connectivity index (χ0n) is 8.72. The zero-order valence-corrected chi connectivity index (χ0v) is 8.72. The molecule has 0 aromatic heterocycles. The van der Waals surface area contributed by atoms with Crippen LogP contribution < -0.4 is 15.4 Å². The molecule has 1 aromatic carbocycles. The summed E-state index contributed by atoms with van der Waals surface area (Å²) in [5.74, 6) is -0.00936. The number of nitrogens with one attached hydrogen (secondary N) is 2. The van der Waals surface area contributed by atoms with Crippen LogP contribution in [0.4, 0.5) is 4.39 Å². The third-order valence-electron chi connectivity index (χ3n) is 2.62. The fourth-order valence-corrected chi connectivity index (χ4v) is 1.79. The van der Waals surface area contributed by atoms with Crippen LogP contribution in [0.15, 0.2) is 18.2 Å². The monoisotopic (exact) mass is 210 g/mol. The van der Waals surface area contributed by atoms with Crippen molar-refractivity contribution in [1.29, 1.82) is 0 Å². The van der Waals surface area contributed by atoms with Crippen LogP contribution in [0.25, 0.3) is 0 Å². The topological polar surface area (TPSA) is 33.3 Å². The van der Waals surface area contributed by atoms with Crippen molar-refractivity contribution in [3.63, 3.8) is 0 Å². The van der Waals surface area contributed by atoms with E-state index in [0.717, 1.165) is 25.2 Å². The highest BCUT2D eigenvalue weighted by molar-refractivity contribution is 5.31. The van der Waals surface area contributed by atoms with Crippen LogP contribution in [0.5, 0.6) is 5.75 Å². The largest absolute Gasteiger partial charge is 0.494 e. The van der Waals surface area contributed by atoms with Crippen LogP contribution in [-0.4, -0.2) is 26.7 Å². The zero-order chi connectivity index (χ0) is 10.7. The summed E-state index contributed by atoms with van der Waals surface area (Å²) < 4.78 is 18.3. The maximum atomic E-state index is 13.4. The minimum atomic E-state index is -0.303. The maximum absolute atomic E-state index is 13.4. The van der Waals surface area contributed by atoms with E-state index in [1.807, 2.05) is 6.07 Å². The molecule has 82 valence electrons. The normalized spacial score (nSPS) is 21.3. The van der Waals surface area contributed by atoms with Gasteiger partial charge < -0.3 is 15.4 Å². The van der Waals surface area contributed by atoms with Gasteiger partial charge in [0.25, 0.3) is 0 Å². The summed E-state index contributed by atoms with van der Waals surface area (Å²) >= 11 is 0. The van der Waals surface area contributed by atoms with Crippen LogP contribution in [0.3, 0.4) is 0 Å². The number of hydrogen-bond acceptors (Lipinski definition) is 3. The van der Waals surface area contributed by atoms with Gasteiger partial charge in [-0.3, -0.25) is 0 Å². The summed E-state index contributed by atoms with van der Waals surface area (Å²) in [4.78, 5) is 0. The van der Waals surface area contributed by atoms with Gasteiger partial charge in [0.1, 0.15) is 0 Å². The van der Waals surface area contributed by atoms with E-state index in [0.29, 0.717) is 5.75 Å². The molecule has 0 radical (unpaired) electrons. The fourth-order valence-electron chi connectivity index (χ4n) is 1.79. The molecule has 0 amide bonds. The van der Waals surface area contributed by atoms with Crippen LogP contribution in [0.2, 0.25) is 0 Å². The van der Waals surface area contributed by atoms with Gasteiger partial charge in [-0.1, -0.05) is 6.07 Å². The molecule has 2 N–H and O–H groups in total. The summed E-state index contributed by atoms with van der Waals surface area (Å²) in [6.45, 7) is 2.72. The van der Waals surface area contributed by atoms with E-state index >= 15 is 0 Å². The summed E-state index contributed by atoms with van der Waals surface area (Å²) in [6, 6.07) is 5.29. The van der Waals surface area contributed by atoms with Crippen molar-refractivity contribution in [2.24, 2.45) is 0 Å². The van der Waals surface area contributed by atoms with Gasteiger partial charge in [0.2, 0.25) is 0 Å². The van der Waals surface area contributed by atoms with Crippen molar-refractivity contribution in [1.82, 2.24) is 10.6 Å². The van der Waals surface area contributed by atoms with Crippen molar-refractivity contribution in [3.8, 4) is 5.75 Å². The molecule has 1 atom stereocenters. The lowest BCUT2D eigenvalue weighted by Gasteiger charge is -2.25. The second-order valence-corrected chi connectivity index (χ2v) is 3.60. The van der Waals surface area contributed by atoms with Crippen LogP contribution >= 0.6 is 0 Å². The van der Waals surface area contributed by atoms with E-state index in [4.69, 9.17) is 4.74 Å². The number of rotatable bonds is 2. The van der Waals surface area contributed by atoms with Gasteiger partial charge >= 0.3 is 0 Å². The van der Waals surface area contributed by atoms with E-state index in [1.165, 1.54) is 13.2 Å². The first-order chi connectivity index (χ1) is 7.31. The Bertz CT molecular complexity index is 337. The lowest BCUT2D eigenvalue weighted by Crippen LogP contribution is -2.42. The van der Waals surface area contributed by atoms with Gasteiger partial charge in [0.15, 0.2) is 11.6 Å². The average molecular weight is 210 g/mol. The van der Waals surface area contributed by atoms with Crippen LogP contribution in [-0.2, 0) is 0 Å². The minimum absolute atomic E-state index is 0.194. The average Bonchev–Trinajstić information content (AvgIpc) is 2.30. The van der Waals surface area contributed by atoms with Crippen molar-refractivity contribution in [3.05, 3.63) is 29.6 Å². The second-order valence-electron chi connectivity index (χ2n) is 3.60. The van der Waals surface area contributed by atoms with Gasteiger partial charge in [-0.25, -0.2) is 4.39 Å². The molecule has 4 heteroatoms. The highest BCUT2D eigenvalue weighted by atomic mass is 19.1. The maximum Gasteiger partial charge on any atom is 0.165 e. The first kappa shape index (κ1) is 10.4. The van der Waals surface area contributed by atoms with Crippen molar-refractivity contribution in [2.45, 2.75) is 6.04 Å². The highest BCUT2D eigenvalue weighted by Crippen LogP contribution is 2.22. The number of ether oxygens (including phenoxy) is 1. The second kappa shape index (κ2) is 4.59. The molecule has 1 saturated heterocycles. The minimum Gasteiger partial charge on any atom is -0.494 e. The predicted molar refractivity (Wildman–Crippen MR) is 56.6 cm³/mol. The van der Waals surface area contributed by atoms with Gasteiger partial charge in [0, 0.05) is 25.7 Å². The molecule has 15 heavy (non-hydrogen) atoms. The molecule has 1 aliphatic heterocycles. The Hall–Kier alpha value is -1.13. The van der Waals surface area contributed by atoms with Gasteiger partial charge in [0.05, 0.1) is 7.11 Å². The molecule has 3 nitrogen and oxygen atoms in total. The van der Waals surface area contributed by atoms with Gasteiger partial charge in [-0.15, -0.1) is 0 Å². The molecule has 1 fully saturated rings. The molecule has 0 saturated carbocycles. The van der Waals surface area contributed by atoms with E-state index in [2.05, 4.69) is 10.6 Å². The fraction of sp³-hybridized carbons (Fsp3) is 0.455. The summed E-state index contributed by atoms with van der Waals surface area (Å²) in [7, 11) is 1.47. The molecule has 1 aliphatic rings. The molecule has 0 spiro atoms. The molecule has 0 bridgehead atoms. The lowest BCUT2D eigenvalue weighted by atomic mass is 10.1. The van der Waals surface area contributed by atoms with Crippen LogP contribution in [0.1, 0.15) is 11.6 Å². The number of halogens is 1. The summed E-state index contributed by atoms with van der Waals surface area (Å²) in [6.07, 6.45) is 0. The van der Waals surface area contributed by atoms with Gasteiger partial charge in [-0.2, -0.15) is 0 Å². The van der Waals surface area contributed by atoms with E-state index < -0.39 is 0 Å². The molecule has 1 heterocycles. The quantitative estimate of drug-likeness (QED) is 0.766. The SMILES string of the molecule is COc1ccc(C2CNCCN2)cc1F. The van der Waals surface area contributed by atoms with E-state index in [9.17, 15) is 4.39 Å². The standard InChI is InChI=1S/C11H15FN2O/c1-15-11-3-2-8(6-9(11)12)10-7-13-4-5-14-10/h2-3,6,10,13-14H,4-5,7H2,1H3. The Balaban J connectivity index is 2.17. The first-order valence-corrected chi connectivity index (χ1v) is 5.09. The molecule has 1 aromatic rings.